The van der Waals surface area contributed by atoms with Gasteiger partial charge in [0, 0.05) is 16.8 Å². The van der Waals surface area contributed by atoms with E-state index in [0.717, 1.165) is 39.3 Å². The molecule has 1 aliphatic carbocycles. The highest BCUT2D eigenvalue weighted by Crippen LogP contribution is 2.44. The largest absolute Gasteiger partial charge is 0.310 e. The normalized spacial score (nSPS) is 13.7. The number of benzene rings is 6. The topological polar surface area (TPSA) is 20.3 Å². The molecular weight excluding hydrogens is 474 g/mol. The van der Waals surface area contributed by atoms with Gasteiger partial charge in [-0.3, -0.25) is 4.79 Å². The Labute approximate surface area is 228 Å². The minimum absolute atomic E-state index is 0.122. The van der Waals surface area contributed by atoms with E-state index < -0.39 is 0 Å². The first-order valence-corrected chi connectivity index (χ1v) is 13.3. The second-order valence-electron chi connectivity index (χ2n) is 10.3. The van der Waals surface area contributed by atoms with Crippen molar-refractivity contribution < 1.29 is 4.79 Å². The van der Waals surface area contributed by atoms with Gasteiger partial charge >= 0.3 is 0 Å². The van der Waals surface area contributed by atoms with Gasteiger partial charge in [0.15, 0.2) is 5.78 Å². The van der Waals surface area contributed by atoms with Crippen molar-refractivity contribution in [1.82, 2.24) is 0 Å². The van der Waals surface area contributed by atoms with Crippen LogP contribution in [0.5, 0.6) is 0 Å². The van der Waals surface area contributed by atoms with E-state index >= 15 is 0 Å². The van der Waals surface area contributed by atoms with Crippen molar-refractivity contribution in [2.75, 3.05) is 4.90 Å². The van der Waals surface area contributed by atoms with E-state index in [4.69, 9.17) is 0 Å². The summed E-state index contributed by atoms with van der Waals surface area (Å²) >= 11 is 0. The van der Waals surface area contributed by atoms with Gasteiger partial charge in [0.1, 0.15) is 0 Å². The van der Waals surface area contributed by atoms with Gasteiger partial charge < -0.3 is 4.90 Å². The number of Topliss-reactive ketones (excluding diaryl/α,β-unsaturated/α-hetero) is 1. The summed E-state index contributed by atoms with van der Waals surface area (Å²) in [6, 6.07) is 39.0. The third-order valence-corrected chi connectivity index (χ3v) is 7.75. The molecular formula is C37H27NO. The molecule has 7 rings (SSSR count). The smallest absolute Gasteiger partial charge is 0.184 e. The molecule has 0 bridgehead atoms. The van der Waals surface area contributed by atoms with Crippen LogP contribution in [-0.2, 0) is 4.79 Å². The molecule has 0 spiro atoms. The molecule has 0 N–H and O–H groups in total. The van der Waals surface area contributed by atoms with Gasteiger partial charge in [0.25, 0.3) is 0 Å². The Morgan fingerprint density at radius 3 is 1.69 bits per heavy atom. The van der Waals surface area contributed by atoms with E-state index in [9.17, 15) is 4.79 Å². The van der Waals surface area contributed by atoms with Crippen LogP contribution in [0.3, 0.4) is 0 Å². The number of nitrogens with zero attached hydrogens (tertiary/aromatic N) is 1. The minimum Gasteiger partial charge on any atom is -0.310 e. The molecule has 0 fully saturated rings. The fourth-order valence-corrected chi connectivity index (χ4v) is 5.96. The summed E-state index contributed by atoms with van der Waals surface area (Å²) in [6.45, 7) is 3.78. The lowest BCUT2D eigenvalue weighted by Crippen LogP contribution is -2.10. The fourth-order valence-electron chi connectivity index (χ4n) is 5.96. The van der Waals surface area contributed by atoms with Gasteiger partial charge in [0.2, 0.25) is 0 Å². The Morgan fingerprint density at radius 2 is 1.08 bits per heavy atom. The van der Waals surface area contributed by atoms with Crippen LogP contribution in [0.15, 0.2) is 138 Å². The maximum Gasteiger partial charge on any atom is 0.184 e. The first kappa shape index (κ1) is 23.2. The summed E-state index contributed by atoms with van der Waals surface area (Å²) in [5.74, 6) is 0.122. The van der Waals surface area contributed by atoms with Crippen molar-refractivity contribution in [3.05, 3.63) is 144 Å². The zero-order valence-electron chi connectivity index (χ0n) is 22.0. The number of carbonyl (C=O) groups is 1. The van der Waals surface area contributed by atoms with E-state index in [1.54, 1.807) is 0 Å². The average molecular weight is 502 g/mol. The van der Waals surface area contributed by atoms with Crippen molar-refractivity contribution in [2.45, 2.75) is 13.8 Å². The number of hydrogen-bond donors (Lipinski definition) is 0. The molecule has 0 saturated heterocycles. The molecule has 0 atom stereocenters. The van der Waals surface area contributed by atoms with E-state index in [1.165, 1.54) is 32.3 Å². The Morgan fingerprint density at radius 1 is 0.564 bits per heavy atom. The van der Waals surface area contributed by atoms with E-state index in [1.807, 2.05) is 26.0 Å². The quantitative estimate of drug-likeness (QED) is 0.224. The lowest BCUT2D eigenvalue weighted by atomic mass is 9.89. The van der Waals surface area contributed by atoms with E-state index in [2.05, 4.69) is 120 Å². The Kier molecular flexibility index (Phi) is 5.42. The third kappa shape index (κ3) is 3.84. The van der Waals surface area contributed by atoms with E-state index in [-0.39, 0.29) is 5.78 Å². The van der Waals surface area contributed by atoms with Crippen LogP contribution in [0, 0.1) is 0 Å². The zero-order chi connectivity index (χ0) is 26.5. The highest BCUT2D eigenvalue weighted by Gasteiger charge is 2.19. The van der Waals surface area contributed by atoms with Gasteiger partial charge in [-0.05, 0) is 112 Å². The predicted molar refractivity (Wildman–Crippen MR) is 165 cm³/mol. The van der Waals surface area contributed by atoms with Crippen molar-refractivity contribution in [3.63, 3.8) is 0 Å². The molecule has 0 amide bonds. The number of allylic oxidation sites excluding steroid dienone is 5. The molecule has 186 valence electrons. The summed E-state index contributed by atoms with van der Waals surface area (Å²) in [4.78, 5) is 14.6. The fraction of sp³-hybridized carbons (Fsp3) is 0.0541. The summed E-state index contributed by atoms with van der Waals surface area (Å²) in [5.41, 5.74) is 7.18. The Hall–Kier alpha value is -4.95. The molecule has 2 nitrogen and oxygen atoms in total. The average Bonchev–Trinajstić information content (AvgIpc) is 2.97. The van der Waals surface area contributed by atoms with Crippen molar-refractivity contribution in [3.8, 4) is 0 Å². The Balaban J connectivity index is 1.49. The standard InChI is InChI=1S/C37H27NO/c1-24-21-26(22-25(2)37(24)39)23-29-14-13-27-16-19-33-34(20-17-28-15-18-32(29)35(27)36(28)33)38(30-9-5-3-6-10-30)31-11-7-4-8-12-31/h3-23H,1-2H3. The number of carbonyl (C=O) groups excluding carboxylic acids is 1. The molecule has 0 aliphatic heterocycles. The van der Waals surface area contributed by atoms with Gasteiger partial charge in [-0.15, -0.1) is 0 Å². The Bertz CT molecular complexity index is 1910. The van der Waals surface area contributed by atoms with Crippen molar-refractivity contribution >= 4 is 61.2 Å². The molecule has 0 heterocycles. The first-order valence-electron chi connectivity index (χ1n) is 13.3. The van der Waals surface area contributed by atoms with Gasteiger partial charge in [-0.2, -0.15) is 0 Å². The number of anilines is 3. The van der Waals surface area contributed by atoms with Crippen LogP contribution in [-0.4, -0.2) is 5.78 Å². The number of rotatable bonds is 4. The minimum atomic E-state index is 0.122. The molecule has 0 aromatic heterocycles. The van der Waals surface area contributed by atoms with Crippen LogP contribution in [0.25, 0.3) is 38.4 Å². The van der Waals surface area contributed by atoms with Gasteiger partial charge in [-0.25, -0.2) is 0 Å². The highest BCUT2D eigenvalue weighted by atomic mass is 16.1. The molecule has 0 radical (unpaired) electrons. The van der Waals surface area contributed by atoms with Crippen molar-refractivity contribution in [2.24, 2.45) is 0 Å². The van der Waals surface area contributed by atoms with Crippen LogP contribution in [0.4, 0.5) is 17.1 Å². The molecule has 2 heteroatoms. The lowest BCUT2D eigenvalue weighted by molar-refractivity contribution is -0.112. The highest BCUT2D eigenvalue weighted by molar-refractivity contribution is 6.27. The summed E-state index contributed by atoms with van der Waals surface area (Å²) in [5, 5.41) is 7.44. The maximum absolute atomic E-state index is 12.3. The van der Waals surface area contributed by atoms with E-state index in [0.29, 0.717) is 0 Å². The lowest BCUT2D eigenvalue weighted by Gasteiger charge is -2.27. The van der Waals surface area contributed by atoms with Crippen LogP contribution in [0.1, 0.15) is 19.4 Å². The van der Waals surface area contributed by atoms with Crippen LogP contribution < -0.4 is 4.90 Å². The number of ketones is 1. The predicted octanol–water partition coefficient (Wildman–Crippen LogP) is 9.91. The maximum atomic E-state index is 12.3. The summed E-state index contributed by atoms with van der Waals surface area (Å²) < 4.78 is 0. The van der Waals surface area contributed by atoms with Crippen LogP contribution in [0.2, 0.25) is 0 Å². The second kappa shape index (κ2) is 9.11. The molecule has 0 unspecified atom stereocenters. The molecule has 6 aromatic rings. The zero-order valence-corrected chi connectivity index (χ0v) is 22.0. The molecule has 1 aliphatic rings. The number of hydrogen-bond acceptors (Lipinski definition) is 2. The van der Waals surface area contributed by atoms with Gasteiger partial charge in [-0.1, -0.05) is 78.9 Å². The number of para-hydroxylation sites is 2. The SMILES string of the molecule is CC1=CC(=Cc2ccc3ccc4c(N(c5ccccc5)c5ccccc5)ccc5ccc2c3c54)C=C(C)C1=O. The summed E-state index contributed by atoms with van der Waals surface area (Å²) in [7, 11) is 0. The molecule has 6 aromatic carbocycles. The summed E-state index contributed by atoms with van der Waals surface area (Å²) in [6.07, 6.45) is 6.18. The first-order chi connectivity index (χ1) is 19.1. The molecule has 0 saturated carbocycles. The van der Waals surface area contributed by atoms with Gasteiger partial charge in [0.05, 0.1) is 5.69 Å². The third-order valence-electron chi connectivity index (χ3n) is 7.75. The molecule has 39 heavy (non-hydrogen) atoms. The monoisotopic (exact) mass is 501 g/mol. The van der Waals surface area contributed by atoms with Crippen LogP contribution >= 0.6 is 0 Å². The van der Waals surface area contributed by atoms with Crippen molar-refractivity contribution in [1.29, 1.82) is 0 Å². The second-order valence-corrected chi connectivity index (χ2v) is 10.3.